The number of anilines is 1. The van der Waals surface area contributed by atoms with Gasteiger partial charge >= 0.3 is 5.97 Å². The molecule has 2 N–H and O–H groups in total. The lowest BCUT2D eigenvalue weighted by molar-refractivity contribution is -0.149. The van der Waals surface area contributed by atoms with Crippen LogP contribution in [0.4, 0.5) is 5.95 Å². The van der Waals surface area contributed by atoms with Gasteiger partial charge in [-0.15, -0.1) is 0 Å². The lowest BCUT2D eigenvalue weighted by Gasteiger charge is -2.14. The molecule has 0 radical (unpaired) electrons. The van der Waals surface area contributed by atoms with E-state index < -0.39 is 11.9 Å². The van der Waals surface area contributed by atoms with Gasteiger partial charge in [0.2, 0.25) is 5.95 Å². The number of amides is 1. The van der Waals surface area contributed by atoms with Gasteiger partial charge in [0.05, 0.1) is 11.6 Å². The highest BCUT2D eigenvalue weighted by Gasteiger charge is 2.22. The number of nitrogens with one attached hydrogen (secondary N) is 2. The van der Waals surface area contributed by atoms with Crippen LogP contribution in [0.25, 0.3) is 0 Å². The molecule has 1 aliphatic rings. The first-order chi connectivity index (χ1) is 13.7. The minimum absolute atomic E-state index is 0.171. The van der Waals surface area contributed by atoms with Crippen LogP contribution >= 0.6 is 0 Å². The highest BCUT2D eigenvalue weighted by molar-refractivity contribution is 5.93. The quantitative estimate of drug-likeness (QED) is 0.534. The van der Waals surface area contributed by atoms with Gasteiger partial charge in [0, 0.05) is 18.8 Å². The van der Waals surface area contributed by atoms with Gasteiger partial charge in [0.15, 0.2) is 0 Å². The van der Waals surface area contributed by atoms with Crippen molar-refractivity contribution in [2.75, 3.05) is 5.32 Å². The van der Waals surface area contributed by atoms with E-state index >= 15 is 0 Å². The molecule has 1 aromatic heterocycles. The van der Waals surface area contributed by atoms with E-state index in [4.69, 9.17) is 4.84 Å². The highest BCUT2D eigenvalue weighted by Crippen LogP contribution is 2.32. The Kier molecular flexibility index (Phi) is 6.94. The van der Waals surface area contributed by atoms with E-state index in [0.717, 1.165) is 38.5 Å². The topological polar surface area (TPSA) is 93.2 Å². The molecule has 28 heavy (non-hydrogen) atoms. The average molecular weight is 382 g/mol. The molecule has 1 aromatic carbocycles. The zero-order valence-electron chi connectivity index (χ0n) is 16.1. The monoisotopic (exact) mass is 382 g/mol. The standard InChI is InChI=1S/C21H26N4O3/c1-2-3-4-5-10-19(26)28-25-20(27)16-13-22-21(23-14-16)24-18-12-11-15-8-6-7-9-17(15)18/h6-9,13-14,18H,2-5,10-12H2,1H3,(H,25,27)(H,22,23,24). The predicted molar refractivity (Wildman–Crippen MR) is 105 cm³/mol. The van der Waals surface area contributed by atoms with Crippen molar-refractivity contribution in [2.24, 2.45) is 0 Å². The molecule has 1 aliphatic carbocycles. The Bertz CT molecular complexity index is 808. The fraction of sp³-hybridized carbons (Fsp3) is 0.429. The van der Waals surface area contributed by atoms with Crippen LogP contribution in [0, 0.1) is 0 Å². The summed E-state index contributed by atoms with van der Waals surface area (Å²) >= 11 is 0. The molecule has 1 unspecified atom stereocenters. The first-order valence-corrected chi connectivity index (χ1v) is 9.83. The summed E-state index contributed by atoms with van der Waals surface area (Å²) in [6, 6.07) is 8.49. The average Bonchev–Trinajstić information content (AvgIpc) is 3.13. The van der Waals surface area contributed by atoms with E-state index in [2.05, 4.69) is 39.8 Å². The number of rotatable bonds is 8. The van der Waals surface area contributed by atoms with E-state index in [1.54, 1.807) is 0 Å². The molecule has 3 rings (SSSR count). The van der Waals surface area contributed by atoms with Gasteiger partial charge in [-0.05, 0) is 30.4 Å². The van der Waals surface area contributed by atoms with Crippen LogP contribution in [-0.4, -0.2) is 21.8 Å². The Balaban J connectivity index is 1.46. The van der Waals surface area contributed by atoms with Crippen molar-refractivity contribution in [1.29, 1.82) is 0 Å². The van der Waals surface area contributed by atoms with E-state index in [1.165, 1.54) is 23.5 Å². The Hall–Kier alpha value is -2.96. The number of nitrogens with zero attached hydrogens (tertiary/aromatic N) is 2. The fourth-order valence-electron chi connectivity index (χ4n) is 3.29. The van der Waals surface area contributed by atoms with Crippen LogP contribution in [0.1, 0.15) is 73.0 Å². The molecule has 148 valence electrons. The van der Waals surface area contributed by atoms with Crippen LogP contribution in [0.3, 0.4) is 0 Å². The Labute approximate surface area is 164 Å². The number of aromatic nitrogens is 2. The maximum atomic E-state index is 12.1. The second-order valence-electron chi connectivity index (χ2n) is 6.95. The van der Waals surface area contributed by atoms with Gasteiger partial charge in [-0.2, -0.15) is 5.48 Å². The van der Waals surface area contributed by atoms with Gasteiger partial charge in [-0.25, -0.2) is 14.8 Å². The number of hydroxylamine groups is 1. The summed E-state index contributed by atoms with van der Waals surface area (Å²) in [5.41, 5.74) is 4.99. The van der Waals surface area contributed by atoms with Crippen molar-refractivity contribution >= 4 is 17.8 Å². The Morgan fingerprint density at radius 1 is 1.14 bits per heavy atom. The molecule has 1 heterocycles. The third-order valence-electron chi connectivity index (χ3n) is 4.84. The predicted octanol–water partition coefficient (Wildman–Crippen LogP) is 3.73. The van der Waals surface area contributed by atoms with Crippen molar-refractivity contribution in [3.05, 3.63) is 53.3 Å². The number of benzene rings is 1. The summed E-state index contributed by atoms with van der Waals surface area (Å²) in [5.74, 6) is -0.519. The van der Waals surface area contributed by atoms with Crippen LogP contribution in [0.15, 0.2) is 36.7 Å². The van der Waals surface area contributed by atoms with E-state index in [1.807, 2.05) is 12.1 Å². The summed E-state index contributed by atoms with van der Waals surface area (Å²) in [5, 5.41) is 3.31. The largest absolute Gasteiger partial charge is 0.347 e. The minimum atomic E-state index is -0.542. The number of unbranched alkanes of at least 4 members (excludes halogenated alkanes) is 3. The molecule has 0 fully saturated rings. The normalized spacial score (nSPS) is 15.0. The lowest BCUT2D eigenvalue weighted by Crippen LogP contribution is -2.27. The third-order valence-corrected chi connectivity index (χ3v) is 4.84. The molecule has 0 bridgehead atoms. The van der Waals surface area contributed by atoms with Crippen LogP contribution in [0.2, 0.25) is 0 Å². The van der Waals surface area contributed by atoms with Crippen molar-refractivity contribution in [3.8, 4) is 0 Å². The molecule has 1 amide bonds. The highest BCUT2D eigenvalue weighted by atomic mass is 16.7. The SMILES string of the molecule is CCCCCCC(=O)ONC(=O)c1cnc(NC2CCc3ccccc32)nc1. The summed E-state index contributed by atoms with van der Waals surface area (Å²) < 4.78 is 0. The van der Waals surface area contributed by atoms with Crippen molar-refractivity contribution in [2.45, 2.75) is 57.9 Å². The van der Waals surface area contributed by atoms with Crippen LogP contribution in [0.5, 0.6) is 0 Å². The number of aryl methyl sites for hydroxylation is 1. The van der Waals surface area contributed by atoms with Crippen LogP contribution < -0.4 is 10.8 Å². The second kappa shape index (κ2) is 9.82. The first kappa shape index (κ1) is 19.8. The summed E-state index contributed by atoms with van der Waals surface area (Å²) in [6.07, 6.45) is 9.07. The van der Waals surface area contributed by atoms with E-state index in [0.29, 0.717) is 12.4 Å². The second-order valence-corrected chi connectivity index (χ2v) is 6.95. The summed E-state index contributed by atoms with van der Waals surface area (Å²) in [7, 11) is 0. The van der Waals surface area contributed by atoms with Crippen molar-refractivity contribution in [1.82, 2.24) is 15.4 Å². The van der Waals surface area contributed by atoms with Gasteiger partial charge in [-0.3, -0.25) is 4.79 Å². The maximum absolute atomic E-state index is 12.1. The van der Waals surface area contributed by atoms with Crippen LogP contribution in [-0.2, 0) is 16.1 Å². The first-order valence-electron chi connectivity index (χ1n) is 9.83. The number of fused-ring (bicyclic) bond motifs is 1. The van der Waals surface area contributed by atoms with E-state index in [9.17, 15) is 9.59 Å². The number of carbonyl (C=O) groups excluding carboxylic acids is 2. The van der Waals surface area contributed by atoms with Gasteiger partial charge in [-0.1, -0.05) is 50.5 Å². The zero-order valence-corrected chi connectivity index (χ0v) is 16.1. The van der Waals surface area contributed by atoms with Gasteiger partial charge in [0.25, 0.3) is 5.91 Å². The smallest absolute Gasteiger partial charge is 0.332 e. The third kappa shape index (κ3) is 5.28. The number of carbonyl (C=O) groups is 2. The lowest BCUT2D eigenvalue weighted by atomic mass is 10.1. The maximum Gasteiger partial charge on any atom is 0.332 e. The van der Waals surface area contributed by atoms with Gasteiger partial charge < -0.3 is 10.2 Å². The molecule has 0 saturated carbocycles. The molecule has 0 aliphatic heterocycles. The van der Waals surface area contributed by atoms with E-state index in [-0.39, 0.29) is 11.6 Å². The molecule has 0 spiro atoms. The molecule has 1 atom stereocenters. The molecular weight excluding hydrogens is 356 g/mol. The minimum Gasteiger partial charge on any atom is -0.347 e. The Morgan fingerprint density at radius 3 is 2.71 bits per heavy atom. The van der Waals surface area contributed by atoms with Gasteiger partial charge in [0.1, 0.15) is 0 Å². The zero-order chi connectivity index (χ0) is 19.8. The fourth-order valence-corrected chi connectivity index (χ4v) is 3.29. The summed E-state index contributed by atoms with van der Waals surface area (Å²) in [4.78, 5) is 36.9. The molecule has 0 saturated heterocycles. The summed E-state index contributed by atoms with van der Waals surface area (Å²) in [6.45, 7) is 2.11. The van der Waals surface area contributed by atoms with Crippen molar-refractivity contribution in [3.63, 3.8) is 0 Å². The van der Waals surface area contributed by atoms with Crippen molar-refractivity contribution < 1.29 is 14.4 Å². The molecular formula is C21H26N4O3. The number of hydrogen-bond donors (Lipinski definition) is 2. The molecule has 2 aromatic rings. The molecule has 7 nitrogen and oxygen atoms in total. The molecule has 7 heteroatoms. The Morgan fingerprint density at radius 2 is 1.93 bits per heavy atom. The number of hydrogen-bond acceptors (Lipinski definition) is 6.